The van der Waals surface area contributed by atoms with Crippen molar-refractivity contribution in [2.75, 3.05) is 13.2 Å². The normalized spacial score (nSPS) is 11.9. The molecule has 0 saturated carbocycles. The first-order valence-electron chi connectivity index (χ1n) is 8.19. The van der Waals surface area contributed by atoms with Crippen molar-refractivity contribution in [2.24, 2.45) is 4.99 Å². The molecule has 0 N–H and O–H groups in total. The molecule has 0 unspecified atom stereocenters. The topological polar surface area (TPSA) is 86.7 Å². The predicted molar refractivity (Wildman–Crippen MR) is 99.3 cm³/mol. The molecule has 2 aromatic carbocycles. The third-order valence-electron chi connectivity index (χ3n) is 3.83. The molecule has 0 bridgehead atoms. The molecule has 140 valence electrons. The van der Waals surface area contributed by atoms with Gasteiger partial charge in [-0.2, -0.15) is 4.99 Å². The maximum absolute atomic E-state index is 13.0. The number of fused-ring (bicyclic) bond motifs is 1. The van der Waals surface area contributed by atoms with Gasteiger partial charge in [-0.25, -0.2) is 4.39 Å². The number of benzene rings is 2. The van der Waals surface area contributed by atoms with Crippen molar-refractivity contribution in [2.45, 2.75) is 13.5 Å². The summed E-state index contributed by atoms with van der Waals surface area (Å²) in [4.78, 5) is 27.5. The maximum Gasteiger partial charge on any atom is 0.279 e. The van der Waals surface area contributed by atoms with E-state index in [9.17, 15) is 19.3 Å². The summed E-state index contributed by atoms with van der Waals surface area (Å²) in [6.07, 6.45) is 0. The monoisotopic (exact) mass is 389 g/mol. The molecule has 1 aromatic heterocycles. The number of nitro benzene ring substituents is 1. The molecule has 1 heterocycles. The Kier molecular flexibility index (Phi) is 5.72. The number of hydrogen-bond donors (Lipinski definition) is 0. The summed E-state index contributed by atoms with van der Waals surface area (Å²) in [5, 5.41) is 11.0. The van der Waals surface area contributed by atoms with Gasteiger partial charge in [-0.05, 0) is 37.3 Å². The SMILES string of the molecule is CCOCCn1c(=NC(=O)c2ccc(F)cc2)sc2cc([N+](=O)[O-])ccc21. The number of carbonyl (C=O) groups is 1. The number of amides is 1. The molecule has 0 spiro atoms. The molecule has 7 nitrogen and oxygen atoms in total. The number of thiazole rings is 1. The van der Waals surface area contributed by atoms with E-state index in [1.165, 1.54) is 47.7 Å². The van der Waals surface area contributed by atoms with E-state index in [-0.39, 0.29) is 11.3 Å². The fourth-order valence-electron chi connectivity index (χ4n) is 2.52. The van der Waals surface area contributed by atoms with Crippen LogP contribution in [0.15, 0.2) is 47.5 Å². The Morgan fingerprint density at radius 3 is 2.70 bits per heavy atom. The Balaban J connectivity index is 2.08. The lowest BCUT2D eigenvalue weighted by Crippen LogP contribution is -2.19. The lowest BCUT2D eigenvalue weighted by atomic mass is 10.2. The van der Waals surface area contributed by atoms with Crippen LogP contribution in [0.2, 0.25) is 0 Å². The summed E-state index contributed by atoms with van der Waals surface area (Å²) >= 11 is 1.18. The van der Waals surface area contributed by atoms with Crippen LogP contribution in [0.4, 0.5) is 10.1 Å². The number of ether oxygens (including phenoxy) is 1. The third-order valence-corrected chi connectivity index (χ3v) is 4.87. The first-order chi connectivity index (χ1) is 13.0. The second-order valence-corrected chi connectivity index (χ2v) is 6.58. The zero-order chi connectivity index (χ0) is 19.4. The van der Waals surface area contributed by atoms with Gasteiger partial charge in [0.25, 0.3) is 11.6 Å². The highest BCUT2D eigenvalue weighted by molar-refractivity contribution is 7.16. The van der Waals surface area contributed by atoms with Gasteiger partial charge in [0.1, 0.15) is 5.82 Å². The smallest absolute Gasteiger partial charge is 0.279 e. The number of aromatic nitrogens is 1. The van der Waals surface area contributed by atoms with Crippen LogP contribution in [0.25, 0.3) is 10.2 Å². The van der Waals surface area contributed by atoms with Gasteiger partial charge in [-0.15, -0.1) is 0 Å². The molecular formula is C18H16FN3O4S. The standard InChI is InChI=1S/C18H16FN3O4S/c1-2-26-10-9-21-15-8-7-14(22(24)25)11-16(15)27-18(21)20-17(23)12-3-5-13(19)6-4-12/h3-8,11H,2,9-10H2,1H3. The molecule has 27 heavy (non-hydrogen) atoms. The molecule has 0 radical (unpaired) electrons. The Hall–Kier alpha value is -2.91. The van der Waals surface area contributed by atoms with Gasteiger partial charge in [0, 0.05) is 30.8 Å². The summed E-state index contributed by atoms with van der Waals surface area (Å²) in [6, 6.07) is 9.63. The fourth-order valence-corrected chi connectivity index (χ4v) is 3.61. The number of hydrogen-bond acceptors (Lipinski definition) is 5. The number of rotatable bonds is 6. The molecule has 9 heteroatoms. The van der Waals surface area contributed by atoms with E-state index in [0.29, 0.717) is 29.3 Å². The van der Waals surface area contributed by atoms with Crippen LogP contribution >= 0.6 is 11.3 Å². The van der Waals surface area contributed by atoms with Crippen molar-refractivity contribution in [3.8, 4) is 0 Å². The quantitative estimate of drug-likeness (QED) is 0.367. The van der Waals surface area contributed by atoms with Crippen LogP contribution in [0.3, 0.4) is 0 Å². The minimum absolute atomic E-state index is 0.0304. The van der Waals surface area contributed by atoms with E-state index in [4.69, 9.17) is 4.74 Å². The van der Waals surface area contributed by atoms with Crippen molar-refractivity contribution < 1.29 is 18.8 Å². The van der Waals surface area contributed by atoms with Gasteiger partial charge >= 0.3 is 0 Å². The van der Waals surface area contributed by atoms with Crippen molar-refractivity contribution in [3.05, 3.63) is 68.8 Å². The molecule has 3 aromatic rings. The Bertz CT molecular complexity index is 1060. The number of nitrogens with zero attached hydrogens (tertiary/aromatic N) is 3. The first-order valence-corrected chi connectivity index (χ1v) is 9.01. The lowest BCUT2D eigenvalue weighted by molar-refractivity contribution is -0.384. The second-order valence-electron chi connectivity index (χ2n) is 5.57. The number of carbonyl (C=O) groups excluding carboxylic acids is 1. The summed E-state index contributed by atoms with van der Waals surface area (Å²) in [5.41, 5.74) is 0.962. The van der Waals surface area contributed by atoms with Crippen molar-refractivity contribution in [1.82, 2.24) is 4.57 Å². The second kappa shape index (κ2) is 8.19. The van der Waals surface area contributed by atoms with E-state index in [1.54, 1.807) is 10.6 Å². The number of halogens is 1. The zero-order valence-electron chi connectivity index (χ0n) is 14.4. The van der Waals surface area contributed by atoms with E-state index in [2.05, 4.69) is 4.99 Å². The van der Waals surface area contributed by atoms with E-state index in [0.717, 1.165) is 5.52 Å². The van der Waals surface area contributed by atoms with E-state index >= 15 is 0 Å². The fraction of sp³-hybridized carbons (Fsp3) is 0.222. The lowest BCUT2D eigenvalue weighted by Gasteiger charge is -2.05. The van der Waals surface area contributed by atoms with Crippen LogP contribution in [-0.2, 0) is 11.3 Å². The van der Waals surface area contributed by atoms with Crippen LogP contribution in [0.1, 0.15) is 17.3 Å². The zero-order valence-corrected chi connectivity index (χ0v) is 15.2. The summed E-state index contributed by atoms with van der Waals surface area (Å²) in [6.45, 7) is 3.29. The summed E-state index contributed by atoms with van der Waals surface area (Å²) < 4.78 is 20.9. The summed E-state index contributed by atoms with van der Waals surface area (Å²) in [7, 11) is 0. The molecule has 0 aliphatic rings. The van der Waals surface area contributed by atoms with Gasteiger partial charge in [0.15, 0.2) is 4.80 Å². The minimum atomic E-state index is -0.513. The van der Waals surface area contributed by atoms with Gasteiger partial charge in [0.2, 0.25) is 0 Å². The van der Waals surface area contributed by atoms with E-state index in [1.807, 2.05) is 6.92 Å². The molecule has 1 amide bonds. The molecule has 0 aliphatic heterocycles. The largest absolute Gasteiger partial charge is 0.380 e. The van der Waals surface area contributed by atoms with Crippen LogP contribution in [-0.4, -0.2) is 28.6 Å². The van der Waals surface area contributed by atoms with Crippen molar-refractivity contribution in [3.63, 3.8) is 0 Å². The molecule has 0 fully saturated rings. The Labute approximate surface area is 157 Å². The Morgan fingerprint density at radius 1 is 1.30 bits per heavy atom. The average molecular weight is 389 g/mol. The molecule has 3 rings (SSSR count). The van der Waals surface area contributed by atoms with Gasteiger partial charge < -0.3 is 9.30 Å². The summed E-state index contributed by atoms with van der Waals surface area (Å²) in [5.74, 6) is -0.950. The van der Waals surface area contributed by atoms with Crippen molar-refractivity contribution >= 4 is 33.1 Å². The average Bonchev–Trinajstić information content (AvgIpc) is 2.99. The molecular weight excluding hydrogens is 373 g/mol. The molecule has 0 atom stereocenters. The van der Waals surface area contributed by atoms with Crippen LogP contribution in [0.5, 0.6) is 0 Å². The predicted octanol–water partition coefficient (Wildman–Crippen LogP) is 3.53. The minimum Gasteiger partial charge on any atom is -0.380 e. The highest BCUT2D eigenvalue weighted by atomic mass is 32.1. The van der Waals surface area contributed by atoms with Gasteiger partial charge in [-0.1, -0.05) is 11.3 Å². The highest BCUT2D eigenvalue weighted by Crippen LogP contribution is 2.23. The molecule has 0 saturated heterocycles. The van der Waals surface area contributed by atoms with Gasteiger partial charge in [-0.3, -0.25) is 14.9 Å². The van der Waals surface area contributed by atoms with E-state index < -0.39 is 16.6 Å². The Morgan fingerprint density at radius 2 is 2.04 bits per heavy atom. The maximum atomic E-state index is 13.0. The number of nitro groups is 1. The van der Waals surface area contributed by atoms with Crippen LogP contribution < -0.4 is 4.80 Å². The number of non-ortho nitro benzene ring substituents is 1. The van der Waals surface area contributed by atoms with Crippen LogP contribution in [0, 0.1) is 15.9 Å². The first kappa shape index (κ1) is 18.9. The van der Waals surface area contributed by atoms with Crippen molar-refractivity contribution in [1.29, 1.82) is 0 Å². The third kappa shape index (κ3) is 4.26. The highest BCUT2D eigenvalue weighted by Gasteiger charge is 2.13. The molecule has 0 aliphatic carbocycles. The van der Waals surface area contributed by atoms with Gasteiger partial charge in [0.05, 0.1) is 21.7 Å².